The molecule has 0 saturated carbocycles. The fourth-order valence-electron chi connectivity index (χ4n) is 2.81. The van der Waals surface area contributed by atoms with Crippen molar-refractivity contribution in [1.82, 2.24) is 5.32 Å². The normalized spacial score (nSPS) is 11.6. The van der Waals surface area contributed by atoms with Gasteiger partial charge in [-0.25, -0.2) is 0 Å². The zero-order chi connectivity index (χ0) is 18.2. The molecule has 0 bridgehead atoms. The summed E-state index contributed by atoms with van der Waals surface area (Å²) in [6.07, 6.45) is 0. The molecule has 3 aromatic carbocycles. The lowest BCUT2D eigenvalue weighted by atomic mass is 10.0. The van der Waals surface area contributed by atoms with Crippen molar-refractivity contribution in [3.8, 4) is 16.9 Å². The number of amides is 1. The van der Waals surface area contributed by atoms with Crippen LogP contribution < -0.4 is 10.1 Å². The van der Waals surface area contributed by atoms with Gasteiger partial charge in [-0.05, 0) is 23.1 Å². The van der Waals surface area contributed by atoms with Gasteiger partial charge in [0.15, 0.2) is 6.61 Å². The maximum absolute atomic E-state index is 12.2. The Morgan fingerprint density at radius 1 is 0.885 bits per heavy atom. The predicted molar refractivity (Wildman–Crippen MR) is 105 cm³/mol. The van der Waals surface area contributed by atoms with Gasteiger partial charge in [0, 0.05) is 12.1 Å². The van der Waals surface area contributed by atoms with E-state index in [4.69, 9.17) is 4.74 Å². The van der Waals surface area contributed by atoms with E-state index >= 15 is 0 Å². The highest BCUT2D eigenvalue weighted by atomic mass is 16.5. The highest BCUT2D eigenvalue weighted by Crippen LogP contribution is 2.29. The Hall–Kier alpha value is -3.07. The second kappa shape index (κ2) is 8.86. The number of nitrogens with one attached hydrogen (secondary N) is 1. The molecule has 1 N–H and O–H groups in total. The summed E-state index contributed by atoms with van der Waals surface area (Å²) in [5.74, 6) is 0.859. The van der Waals surface area contributed by atoms with Crippen LogP contribution in [0.5, 0.6) is 5.75 Å². The first-order valence-electron chi connectivity index (χ1n) is 8.83. The van der Waals surface area contributed by atoms with E-state index in [0.29, 0.717) is 12.3 Å². The molecule has 3 aromatic rings. The average molecular weight is 345 g/mol. The maximum Gasteiger partial charge on any atom is 0.257 e. The molecule has 3 rings (SSSR count). The molecule has 0 spiro atoms. The van der Waals surface area contributed by atoms with Crippen molar-refractivity contribution in [3.05, 3.63) is 90.5 Å². The van der Waals surface area contributed by atoms with Crippen molar-refractivity contribution in [1.29, 1.82) is 0 Å². The van der Waals surface area contributed by atoms with E-state index in [0.717, 1.165) is 11.1 Å². The second-order valence-electron chi connectivity index (χ2n) is 6.27. The van der Waals surface area contributed by atoms with E-state index in [2.05, 4.69) is 24.4 Å². The van der Waals surface area contributed by atoms with Crippen LogP contribution in [0.3, 0.4) is 0 Å². The number of carbonyl (C=O) groups is 1. The van der Waals surface area contributed by atoms with Gasteiger partial charge in [0.2, 0.25) is 0 Å². The van der Waals surface area contributed by atoms with Crippen LogP contribution in [0, 0.1) is 0 Å². The molecule has 0 aliphatic rings. The minimum atomic E-state index is -0.115. The molecular formula is C23H23NO2. The number of hydrogen-bond donors (Lipinski definition) is 1. The molecule has 0 heterocycles. The highest BCUT2D eigenvalue weighted by molar-refractivity contribution is 5.78. The first-order valence-corrected chi connectivity index (χ1v) is 8.83. The Balaban J connectivity index is 1.55. The third-order valence-electron chi connectivity index (χ3n) is 4.30. The van der Waals surface area contributed by atoms with E-state index in [1.807, 2.05) is 72.8 Å². The van der Waals surface area contributed by atoms with E-state index in [1.165, 1.54) is 5.56 Å². The van der Waals surface area contributed by atoms with Crippen LogP contribution in [0.2, 0.25) is 0 Å². The molecule has 0 aromatic heterocycles. The lowest BCUT2D eigenvalue weighted by molar-refractivity contribution is -0.123. The largest absolute Gasteiger partial charge is 0.483 e. The van der Waals surface area contributed by atoms with Crippen LogP contribution in [-0.2, 0) is 4.79 Å². The summed E-state index contributed by atoms with van der Waals surface area (Å²) >= 11 is 0. The summed E-state index contributed by atoms with van der Waals surface area (Å²) in [5.41, 5.74) is 3.27. The molecule has 1 amide bonds. The van der Waals surface area contributed by atoms with Gasteiger partial charge in [-0.2, -0.15) is 0 Å². The van der Waals surface area contributed by atoms with E-state index in [9.17, 15) is 4.79 Å². The molecular weight excluding hydrogens is 322 g/mol. The average Bonchev–Trinajstić information content (AvgIpc) is 2.72. The van der Waals surface area contributed by atoms with Crippen LogP contribution in [0.4, 0.5) is 0 Å². The molecule has 3 heteroatoms. The molecule has 0 unspecified atom stereocenters. The summed E-state index contributed by atoms with van der Waals surface area (Å²) in [7, 11) is 0. The van der Waals surface area contributed by atoms with Gasteiger partial charge in [-0.15, -0.1) is 0 Å². The van der Waals surface area contributed by atoms with Gasteiger partial charge in [0.1, 0.15) is 5.75 Å². The minimum Gasteiger partial charge on any atom is -0.483 e. The molecule has 0 aliphatic heterocycles. The van der Waals surface area contributed by atoms with Crippen molar-refractivity contribution >= 4 is 5.91 Å². The highest BCUT2D eigenvalue weighted by Gasteiger charge is 2.10. The first kappa shape index (κ1) is 17.7. The topological polar surface area (TPSA) is 38.3 Å². The molecule has 26 heavy (non-hydrogen) atoms. The molecule has 0 saturated heterocycles. The Kier molecular flexibility index (Phi) is 6.05. The van der Waals surface area contributed by atoms with Crippen molar-refractivity contribution in [2.45, 2.75) is 12.8 Å². The SMILES string of the molecule is C[C@@H](CNC(=O)COc1ccccc1-c1ccccc1)c1ccccc1. The first-order chi connectivity index (χ1) is 12.7. The lowest BCUT2D eigenvalue weighted by Crippen LogP contribution is -2.31. The standard InChI is InChI=1S/C23H23NO2/c1-18(19-10-4-2-5-11-19)16-24-23(25)17-26-22-15-9-8-14-21(22)20-12-6-3-7-13-20/h2-15,18H,16-17H2,1H3,(H,24,25)/t18-/m0/s1. The lowest BCUT2D eigenvalue weighted by Gasteiger charge is -2.14. The zero-order valence-corrected chi connectivity index (χ0v) is 14.9. The molecule has 0 radical (unpaired) electrons. The van der Waals surface area contributed by atoms with Gasteiger partial charge in [0.05, 0.1) is 0 Å². The predicted octanol–water partition coefficient (Wildman–Crippen LogP) is 4.65. The zero-order valence-electron chi connectivity index (χ0n) is 14.9. The van der Waals surface area contributed by atoms with Crippen LogP contribution >= 0.6 is 0 Å². The number of rotatable bonds is 7. The molecule has 132 valence electrons. The summed E-state index contributed by atoms with van der Waals surface area (Å²) in [6, 6.07) is 28.0. The fraction of sp³-hybridized carbons (Fsp3) is 0.174. The number of para-hydroxylation sites is 1. The Morgan fingerprint density at radius 3 is 2.23 bits per heavy atom. The Bertz CT molecular complexity index is 831. The van der Waals surface area contributed by atoms with Crippen LogP contribution in [-0.4, -0.2) is 19.1 Å². The number of carbonyl (C=O) groups excluding carboxylic acids is 1. The van der Waals surface area contributed by atoms with Gasteiger partial charge in [-0.3, -0.25) is 4.79 Å². The molecule has 0 fully saturated rings. The Morgan fingerprint density at radius 2 is 1.50 bits per heavy atom. The number of hydrogen-bond acceptors (Lipinski definition) is 2. The smallest absolute Gasteiger partial charge is 0.257 e. The Labute approximate surface area is 154 Å². The van der Waals surface area contributed by atoms with Crippen LogP contribution in [0.25, 0.3) is 11.1 Å². The third-order valence-corrected chi connectivity index (χ3v) is 4.30. The number of ether oxygens (including phenoxy) is 1. The second-order valence-corrected chi connectivity index (χ2v) is 6.27. The van der Waals surface area contributed by atoms with Gasteiger partial charge >= 0.3 is 0 Å². The molecule has 3 nitrogen and oxygen atoms in total. The molecule has 1 atom stereocenters. The van der Waals surface area contributed by atoms with Crippen LogP contribution in [0.15, 0.2) is 84.9 Å². The summed E-state index contributed by atoms with van der Waals surface area (Å²) in [4.78, 5) is 12.2. The van der Waals surface area contributed by atoms with Gasteiger partial charge in [-0.1, -0.05) is 85.8 Å². The van der Waals surface area contributed by atoms with Crippen LogP contribution in [0.1, 0.15) is 18.4 Å². The minimum absolute atomic E-state index is 0.00531. The van der Waals surface area contributed by atoms with Crippen molar-refractivity contribution in [2.24, 2.45) is 0 Å². The van der Waals surface area contributed by atoms with E-state index in [-0.39, 0.29) is 18.4 Å². The monoisotopic (exact) mass is 345 g/mol. The third kappa shape index (κ3) is 4.73. The number of benzene rings is 3. The quantitative estimate of drug-likeness (QED) is 0.677. The summed E-state index contributed by atoms with van der Waals surface area (Å²) in [6.45, 7) is 2.69. The fourth-order valence-corrected chi connectivity index (χ4v) is 2.81. The maximum atomic E-state index is 12.2. The van der Waals surface area contributed by atoms with E-state index < -0.39 is 0 Å². The van der Waals surface area contributed by atoms with E-state index in [1.54, 1.807) is 0 Å². The van der Waals surface area contributed by atoms with Crippen molar-refractivity contribution < 1.29 is 9.53 Å². The molecule has 0 aliphatic carbocycles. The van der Waals surface area contributed by atoms with Gasteiger partial charge < -0.3 is 10.1 Å². The van der Waals surface area contributed by atoms with Crippen molar-refractivity contribution in [2.75, 3.05) is 13.2 Å². The summed E-state index contributed by atoms with van der Waals surface area (Å²) in [5, 5.41) is 2.95. The van der Waals surface area contributed by atoms with Gasteiger partial charge in [0.25, 0.3) is 5.91 Å². The summed E-state index contributed by atoms with van der Waals surface area (Å²) < 4.78 is 5.78. The van der Waals surface area contributed by atoms with Crippen molar-refractivity contribution in [3.63, 3.8) is 0 Å².